The molecular formula is C19H21N. The Hall–Kier alpha value is -2.04. The van der Waals surface area contributed by atoms with Crippen molar-refractivity contribution < 1.29 is 0 Å². The van der Waals surface area contributed by atoms with Crippen LogP contribution in [0.4, 0.5) is 0 Å². The van der Waals surface area contributed by atoms with E-state index in [-0.39, 0.29) is 0 Å². The van der Waals surface area contributed by atoms with Gasteiger partial charge in [-0.05, 0) is 36.1 Å². The third-order valence-electron chi connectivity index (χ3n) is 3.31. The highest BCUT2D eigenvalue weighted by Crippen LogP contribution is 2.19. The monoisotopic (exact) mass is 263 g/mol. The molecule has 1 N–H and O–H groups in total. The standard InChI is InChI=1S/C19H21N/c1-2-3-4-8-15-20-16-17-11-13-19(14-12-17)18-9-6-5-7-10-18/h1,5-7,9-14,20H,3-4,8,15-16H2. The van der Waals surface area contributed by atoms with E-state index in [1.54, 1.807) is 0 Å². The fourth-order valence-electron chi connectivity index (χ4n) is 2.16. The molecule has 2 aromatic carbocycles. The van der Waals surface area contributed by atoms with E-state index >= 15 is 0 Å². The first-order chi connectivity index (χ1) is 9.90. The number of benzene rings is 2. The van der Waals surface area contributed by atoms with Crippen molar-refractivity contribution in [1.82, 2.24) is 5.32 Å². The van der Waals surface area contributed by atoms with Crippen LogP contribution in [0.3, 0.4) is 0 Å². The Morgan fingerprint density at radius 1 is 0.850 bits per heavy atom. The summed E-state index contributed by atoms with van der Waals surface area (Å²) < 4.78 is 0. The smallest absolute Gasteiger partial charge is 0.0205 e. The van der Waals surface area contributed by atoms with Gasteiger partial charge in [0.15, 0.2) is 0 Å². The van der Waals surface area contributed by atoms with Crippen molar-refractivity contribution in [3.63, 3.8) is 0 Å². The van der Waals surface area contributed by atoms with Crippen LogP contribution < -0.4 is 5.32 Å². The highest BCUT2D eigenvalue weighted by molar-refractivity contribution is 5.63. The highest BCUT2D eigenvalue weighted by Gasteiger charge is 1.97. The average molecular weight is 263 g/mol. The summed E-state index contributed by atoms with van der Waals surface area (Å²) in [6.07, 6.45) is 8.36. The number of hydrogen-bond acceptors (Lipinski definition) is 1. The maximum atomic E-state index is 5.23. The van der Waals surface area contributed by atoms with Gasteiger partial charge in [-0.1, -0.05) is 54.6 Å². The van der Waals surface area contributed by atoms with E-state index in [9.17, 15) is 0 Å². The number of nitrogens with one attached hydrogen (secondary N) is 1. The lowest BCUT2D eigenvalue weighted by atomic mass is 10.0. The van der Waals surface area contributed by atoms with Gasteiger partial charge < -0.3 is 5.32 Å². The van der Waals surface area contributed by atoms with Crippen LogP contribution in [0.1, 0.15) is 24.8 Å². The van der Waals surface area contributed by atoms with Crippen LogP contribution in [-0.2, 0) is 6.54 Å². The predicted molar refractivity (Wildman–Crippen MR) is 86.3 cm³/mol. The Balaban J connectivity index is 1.79. The SMILES string of the molecule is C#CCCCCNCc1ccc(-c2ccccc2)cc1. The van der Waals surface area contributed by atoms with Gasteiger partial charge in [0.25, 0.3) is 0 Å². The number of unbranched alkanes of at least 4 members (excludes halogenated alkanes) is 2. The molecule has 20 heavy (non-hydrogen) atoms. The fourth-order valence-corrected chi connectivity index (χ4v) is 2.16. The van der Waals surface area contributed by atoms with E-state index in [4.69, 9.17) is 6.42 Å². The topological polar surface area (TPSA) is 12.0 Å². The van der Waals surface area contributed by atoms with Crippen LogP contribution >= 0.6 is 0 Å². The molecule has 0 aromatic heterocycles. The van der Waals surface area contributed by atoms with E-state index in [1.165, 1.54) is 16.7 Å². The second kappa shape index (κ2) is 8.19. The minimum atomic E-state index is 0.882. The summed E-state index contributed by atoms with van der Waals surface area (Å²) in [6, 6.07) is 19.2. The quantitative estimate of drug-likeness (QED) is 0.582. The molecular weight excluding hydrogens is 242 g/mol. The van der Waals surface area contributed by atoms with Crippen molar-refractivity contribution in [3.8, 4) is 23.5 Å². The molecule has 0 spiro atoms. The second-order valence-corrected chi connectivity index (χ2v) is 4.90. The molecule has 1 heteroatoms. The zero-order valence-electron chi connectivity index (χ0n) is 11.8. The maximum Gasteiger partial charge on any atom is 0.0205 e. The molecule has 0 fully saturated rings. The Morgan fingerprint density at radius 2 is 1.55 bits per heavy atom. The molecule has 0 bridgehead atoms. The molecule has 0 aliphatic heterocycles. The molecule has 0 aliphatic rings. The Kier molecular flexibility index (Phi) is 5.89. The van der Waals surface area contributed by atoms with Crippen molar-refractivity contribution in [3.05, 3.63) is 60.2 Å². The summed E-state index contributed by atoms with van der Waals surface area (Å²) in [6.45, 7) is 1.95. The van der Waals surface area contributed by atoms with Gasteiger partial charge in [0.2, 0.25) is 0 Å². The van der Waals surface area contributed by atoms with Crippen LogP contribution in [0.25, 0.3) is 11.1 Å². The molecule has 102 valence electrons. The summed E-state index contributed by atoms with van der Waals surface area (Å²) in [7, 11) is 0. The van der Waals surface area contributed by atoms with Gasteiger partial charge in [0.1, 0.15) is 0 Å². The first-order valence-electron chi connectivity index (χ1n) is 7.18. The van der Waals surface area contributed by atoms with Gasteiger partial charge in [0.05, 0.1) is 0 Å². The van der Waals surface area contributed by atoms with Crippen molar-refractivity contribution in [1.29, 1.82) is 0 Å². The van der Waals surface area contributed by atoms with Crippen LogP contribution in [0.2, 0.25) is 0 Å². The molecule has 0 aliphatic carbocycles. The summed E-state index contributed by atoms with van der Waals surface area (Å²) in [5.41, 5.74) is 3.85. The Bertz CT molecular complexity index is 534. The molecule has 2 aromatic rings. The summed E-state index contributed by atoms with van der Waals surface area (Å²) in [5, 5.41) is 3.45. The van der Waals surface area contributed by atoms with Crippen LogP contribution in [-0.4, -0.2) is 6.54 Å². The molecule has 0 atom stereocenters. The highest BCUT2D eigenvalue weighted by atomic mass is 14.8. The maximum absolute atomic E-state index is 5.23. The predicted octanol–water partition coefficient (Wildman–Crippen LogP) is 4.25. The third kappa shape index (κ3) is 4.57. The zero-order chi connectivity index (χ0) is 14.0. The molecule has 0 saturated heterocycles. The van der Waals surface area contributed by atoms with Gasteiger partial charge >= 0.3 is 0 Å². The Morgan fingerprint density at radius 3 is 2.25 bits per heavy atom. The largest absolute Gasteiger partial charge is 0.313 e. The van der Waals surface area contributed by atoms with Gasteiger partial charge in [-0.2, -0.15) is 0 Å². The van der Waals surface area contributed by atoms with E-state index in [2.05, 4.69) is 59.8 Å². The first-order valence-corrected chi connectivity index (χ1v) is 7.18. The van der Waals surface area contributed by atoms with E-state index in [1.807, 2.05) is 6.07 Å². The van der Waals surface area contributed by atoms with Crippen molar-refractivity contribution >= 4 is 0 Å². The van der Waals surface area contributed by atoms with Crippen LogP contribution in [0.5, 0.6) is 0 Å². The molecule has 0 radical (unpaired) electrons. The van der Waals surface area contributed by atoms with E-state index in [0.717, 1.165) is 32.4 Å². The molecule has 1 nitrogen and oxygen atoms in total. The lowest BCUT2D eigenvalue weighted by Crippen LogP contribution is -2.14. The van der Waals surface area contributed by atoms with Gasteiger partial charge in [0, 0.05) is 13.0 Å². The molecule has 0 heterocycles. The van der Waals surface area contributed by atoms with Crippen LogP contribution in [0.15, 0.2) is 54.6 Å². The molecule has 0 unspecified atom stereocenters. The summed E-state index contributed by atoms with van der Waals surface area (Å²) in [4.78, 5) is 0. The molecule has 0 amide bonds. The lowest BCUT2D eigenvalue weighted by molar-refractivity contribution is 0.630. The Labute approximate surface area is 122 Å². The third-order valence-corrected chi connectivity index (χ3v) is 3.31. The minimum Gasteiger partial charge on any atom is -0.313 e. The average Bonchev–Trinajstić information content (AvgIpc) is 2.52. The van der Waals surface area contributed by atoms with Gasteiger partial charge in [-0.25, -0.2) is 0 Å². The summed E-state index contributed by atoms with van der Waals surface area (Å²) in [5.74, 6) is 2.67. The molecule has 2 rings (SSSR count). The van der Waals surface area contributed by atoms with E-state index in [0.29, 0.717) is 0 Å². The van der Waals surface area contributed by atoms with Crippen molar-refractivity contribution in [2.45, 2.75) is 25.8 Å². The number of hydrogen-bond donors (Lipinski definition) is 1. The lowest BCUT2D eigenvalue weighted by Gasteiger charge is -2.06. The van der Waals surface area contributed by atoms with Crippen LogP contribution in [0, 0.1) is 12.3 Å². The van der Waals surface area contributed by atoms with Crippen molar-refractivity contribution in [2.75, 3.05) is 6.54 Å². The normalized spacial score (nSPS) is 10.2. The number of rotatable bonds is 7. The summed E-state index contributed by atoms with van der Waals surface area (Å²) >= 11 is 0. The van der Waals surface area contributed by atoms with Crippen molar-refractivity contribution in [2.24, 2.45) is 0 Å². The minimum absolute atomic E-state index is 0.882. The zero-order valence-corrected chi connectivity index (χ0v) is 11.8. The first kappa shape index (κ1) is 14.4. The van der Waals surface area contributed by atoms with Gasteiger partial charge in [-0.15, -0.1) is 12.3 Å². The fraction of sp³-hybridized carbons (Fsp3) is 0.263. The van der Waals surface area contributed by atoms with Gasteiger partial charge in [-0.3, -0.25) is 0 Å². The second-order valence-electron chi connectivity index (χ2n) is 4.90. The number of terminal acetylenes is 1. The van der Waals surface area contributed by atoms with E-state index < -0.39 is 0 Å². The molecule has 0 saturated carbocycles.